The number of carbonyl (C=O) groups is 1. The third-order valence-electron chi connectivity index (χ3n) is 4.73. The summed E-state index contributed by atoms with van der Waals surface area (Å²) >= 11 is 0. The quantitative estimate of drug-likeness (QED) is 0.717. The van der Waals surface area contributed by atoms with Crippen LogP contribution in [0, 0.1) is 0 Å². The molecule has 2 heterocycles. The van der Waals surface area contributed by atoms with E-state index in [1.165, 1.54) is 5.69 Å². The summed E-state index contributed by atoms with van der Waals surface area (Å²) in [5.41, 5.74) is 4.98. The first-order chi connectivity index (χ1) is 12.3. The van der Waals surface area contributed by atoms with E-state index in [0.29, 0.717) is 5.57 Å². The zero-order valence-electron chi connectivity index (χ0n) is 13.9. The van der Waals surface area contributed by atoms with E-state index >= 15 is 0 Å². The van der Waals surface area contributed by atoms with Crippen molar-refractivity contribution < 1.29 is 9.90 Å². The van der Waals surface area contributed by atoms with Crippen molar-refractivity contribution in [2.45, 2.75) is 19.4 Å². The summed E-state index contributed by atoms with van der Waals surface area (Å²) in [5, 5.41) is 10.1. The van der Waals surface area contributed by atoms with Crippen LogP contribution in [-0.4, -0.2) is 15.6 Å². The predicted molar refractivity (Wildman–Crippen MR) is 99.2 cm³/mol. The van der Waals surface area contributed by atoms with Gasteiger partial charge in [0.2, 0.25) is 0 Å². The number of hydrogen-bond acceptors (Lipinski definition) is 1. The highest BCUT2D eigenvalue weighted by atomic mass is 16.4. The molecular weight excluding hydrogens is 310 g/mol. The summed E-state index contributed by atoms with van der Waals surface area (Å²) < 4.78 is 2.15. The van der Waals surface area contributed by atoms with Gasteiger partial charge in [-0.15, -0.1) is 0 Å². The van der Waals surface area contributed by atoms with Crippen LogP contribution in [0.2, 0.25) is 0 Å². The molecule has 0 bridgehead atoms. The predicted octanol–water partition coefficient (Wildman–Crippen LogP) is 4.48. The number of rotatable bonds is 4. The number of benzene rings is 2. The maximum absolute atomic E-state index is 12.3. The van der Waals surface area contributed by atoms with Gasteiger partial charge in [-0.1, -0.05) is 60.7 Å². The summed E-state index contributed by atoms with van der Waals surface area (Å²) in [7, 11) is 0. The molecule has 0 saturated heterocycles. The van der Waals surface area contributed by atoms with Gasteiger partial charge >= 0.3 is 5.97 Å². The Morgan fingerprint density at radius 1 is 0.840 bits per heavy atom. The molecule has 1 N–H and O–H groups in total. The van der Waals surface area contributed by atoms with Crippen molar-refractivity contribution >= 4 is 17.1 Å². The van der Waals surface area contributed by atoms with Crippen LogP contribution in [0.3, 0.4) is 0 Å². The van der Waals surface area contributed by atoms with Crippen LogP contribution in [0.5, 0.6) is 0 Å². The standard InChI is InChI=1S/C22H19NO2/c24-22(25)21(19-14-13-18-12-7-15-23(18)19)20(16-8-3-1-4-9-16)17-10-5-2-6-11-17/h1-6,8-11,13-14H,7,12,15H2,(H,24,25). The van der Waals surface area contributed by atoms with Crippen LogP contribution in [0.4, 0.5) is 0 Å². The van der Waals surface area contributed by atoms with Crippen molar-refractivity contribution in [2.75, 3.05) is 0 Å². The van der Waals surface area contributed by atoms with Gasteiger partial charge in [-0.25, -0.2) is 4.79 Å². The Morgan fingerprint density at radius 2 is 1.44 bits per heavy atom. The highest BCUT2D eigenvalue weighted by Crippen LogP contribution is 2.34. The first kappa shape index (κ1) is 15.5. The number of carboxylic acid groups (broad SMARTS) is 1. The topological polar surface area (TPSA) is 42.2 Å². The van der Waals surface area contributed by atoms with Crippen LogP contribution in [0.15, 0.2) is 72.8 Å². The molecule has 0 atom stereocenters. The average molecular weight is 329 g/mol. The van der Waals surface area contributed by atoms with Crippen molar-refractivity contribution in [2.24, 2.45) is 0 Å². The number of aliphatic carboxylic acids is 1. The third kappa shape index (κ3) is 2.78. The molecule has 3 nitrogen and oxygen atoms in total. The minimum Gasteiger partial charge on any atom is -0.478 e. The Hall–Kier alpha value is -3.07. The second kappa shape index (κ2) is 6.44. The fourth-order valence-corrected chi connectivity index (χ4v) is 3.64. The van der Waals surface area contributed by atoms with Gasteiger partial charge in [-0.3, -0.25) is 0 Å². The summed E-state index contributed by atoms with van der Waals surface area (Å²) in [6.45, 7) is 0.880. The van der Waals surface area contributed by atoms with Gasteiger partial charge in [0.05, 0.1) is 11.3 Å². The van der Waals surface area contributed by atoms with Crippen LogP contribution < -0.4 is 0 Å². The SMILES string of the molecule is O=C(O)C(=C(c1ccccc1)c1ccccc1)c1ccc2n1CCC2. The van der Waals surface area contributed by atoms with E-state index in [2.05, 4.69) is 10.6 Å². The lowest BCUT2D eigenvalue weighted by atomic mass is 9.91. The summed E-state index contributed by atoms with van der Waals surface area (Å²) in [5.74, 6) is -0.893. The molecule has 1 aliphatic heterocycles. The fourth-order valence-electron chi connectivity index (χ4n) is 3.64. The van der Waals surface area contributed by atoms with Crippen molar-refractivity contribution in [3.63, 3.8) is 0 Å². The maximum atomic E-state index is 12.3. The van der Waals surface area contributed by atoms with E-state index in [-0.39, 0.29) is 0 Å². The van der Waals surface area contributed by atoms with Gasteiger partial charge in [0.25, 0.3) is 0 Å². The fraction of sp³-hybridized carbons (Fsp3) is 0.136. The van der Waals surface area contributed by atoms with E-state index in [4.69, 9.17) is 0 Å². The molecule has 25 heavy (non-hydrogen) atoms. The highest BCUT2D eigenvalue weighted by Gasteiger charge is 2.25. The molecule has 0 radical (unpaired) electrons. The molecule has 0 spiro atoms. The second-order valence-corrected chi connectivity index (χ2v) is 6.25. The molecule has 1 aliphatic rings. The zero-order chi connectivity index (χ0) is 17.2. The maximum Gasteiger partial charge on any atom is 0.338 e. The highest BCUT2D eigenvalue weighted by molar-refractivity contribution is 6.25. The van der Waals surface area contributed by atoms with E-state index in [9.17, 15) is 9.90 Å². The Balaban J connectivity index is 2.03. The first-order valence-electron chi connectivity index (χ1n) is 8.53. The number of hydrogen-bond donors (Lipinski definition) is 1. The van der Waals surface area contributed by atoms with Crippen molar-refractivity contribution in [1.82, 2.24) is 4.57 Å². The molecule has 124 valence electrons. The lowest BCUT2D eigenvalue weighted by Gasteiger charge is -2.15. The Bertz CT molecular complexity index is 895. The number of carboxylic acids is 1. The van der Waals surface area contributed by atoms with Gasteiger partial charge in [-0.2, -0.15) is 0 Å². The van der Waals surface area contributed by atoms with Crippen LogP contribution >= 0.6 is 0 Å². The molecule has 3 aromatic rings. The van der Waals surface area contributed by atoms with Crippen molar-refractivity contribution in [3.8, 4) is 0 Å². The number of nitrogens with zero attached hydrogens (tertiary/aromatic N) is 1. The van der Waals surface area contributed by atoms with E-state index < -0.39 is 5.97 Å². The van der Waals surface area contributed by atoms with Gasteiger partial charge < -0.3 is 9.67 Å². The van der Waals surface area contributed by atoms with Crippen LogP contribution in [-0.2, 0) is 17.8 Å². The smallest absolute Gasteiger partial charge is 0.338 e. The van der Waals surface area contributed by atoms with Crippen LogP contribution in [0.1, 0.15) is 28.9 Å². The summed E-state index contributed by atoms with van der Waals surface area (Å²) in [6.07, 6.45) is 2.08. The summed E-state index contributed by atoms with van der Waals surface area (Å²) in [6, 6.07) is 23.6. The lowest BCUT2D eigenvalue weighted by Crippen LogP contribution is -2.09. The first-order valence-corrected chi connectivity index (χ1v) is 8.53. The van der Waals surface area contributed by atoms with E-state index in [0.717, 1.165) is 41.8 Å². The lowest BCUT2D eigenvalue weighted by molar-refractivity contribution is -0.130. The molecule has 0 fully saturated rings. The molecule has 0 unspecified atom stereocenters. The normalized spacial score (nSPS) is 12.6. The van der Waals surface area contributed by atoms with Crippen LogP contribution in [0.25, 0.3) is 11.1 Å². The molecule has 1 aromatic heterocycles. The molecule has 0 amide bonds. The van der Waals surface area contributed by atoms with Gasteiger partial charge in [0.1, 0.15) is 0 Å². The second-order valence-electron chi connectivity index (χ2n) is 6.25. The molecule has 4 rings (SSSR count). The number of aryl methyl sites for hydroxylation is 1. The third-order valence-corrected chi connectivity index (χ3v) is 4.73. The van der Waals surface area contributed by atoms with E-state index in [1.807, 2.05) is 66.7 Å². The van der Waals surface area contributed by atoms with Crippen molar-refractivity contribution in [1.29, 1.82) is 0 Å². The molecule has 0 saturated carbocycles. The van der Waals surface area contributed by atoms with Gasteiger partial charge in [-0.05, 0) is 36.1 Å². The number of aromatic nitrogens is 1. The van der Waals surface area contributed by atoms with Gasteiger partial charge in [0.15, 0.2) is 0 Å². The van der Waals surface area contributed by atoms with Crippen molar-refractivity contribution in [3.05, 3.63) is 95.3 Å². The number of fused-ring (bicyclic) bond motifs is 1. The monoisotopic (exact) mass is 329 g/mol. The molecular formula is C22H19NO2. The summed E-state index contributed by atoms with van der Waals surface area (Å²) in [4.78, 5) is 12.3. The minimum atomic E-state index is -0.893. The Kier molecular flexibility index (Phi) is 3.98. The van der Waals surface area contributed by atoms with E-state index in [1.54, 1.807) is 0 Å². The Labute approximate surface area is 146 Å². The molecule has 2 aromatic carbocycles. The zero-order valence-corrected chi connectivity index (χ0v) is 13.9. The molecule has 0 aliphatic carbocycles. The molecule has 3 heteroatoms. The average Bonchev–Trinajstić information content (AvgIpc) is 3.25. The Morgan fingerprint density at radius 3 is 2.00 bits per heavy atom. The minimum absolute atomic E-state index is 0.366. The van der Waals surface area contributed by atoms with Gasteiger partial charge in [0, 0.05) is 17.8 Å². The largest absolute Gasteiger partial charge is 0.478 e.